The molecule has 64 valence electrons. The second-order valence-electron chi connectivity index (χ2n) is 1.95. The van der Waals surface area contributed by atoms with Gasteiger partial charge in [0.05, 0.1) is 21.0 Å². The summed E-state index contributed by atoms with van der Waals surface area (Å²) in [5.74, 6) is 0. The molecule has 0 aliphatic carbocycles. The van der Waals surface area contributed by atoms with Crippen LogP contribution in [-0.2, 0) is 0 Å². The lowest BCUT2D eigenvalue weighted by Crippen LogP contribution is -1.88. The van der Waals surface area contributed by atoms with Crippen molar-refractivity contribution < 1.29 is 0 Å². The summed E-state index contributed by atoms with van der Waals surface area (Å²) in [5.41, 5.74) is 2.38. The molecule has 0 unspecified atom stereocenters. The highest BCUT2D eigenvalue weighted by Gasteiger charge is 2.06. The van der Waals surface area contributed by atoms with Gasteiger partial charge in [-0.2, -0.15) is 0 Å². The van der Waals surface area contributed by atoms with E-state index < -0.39 is 0 Å². The van der Waals surface area contributed by atoms with E-state index in [0.29, 0.717) is 5.02 Å². The van der Waals surface area contributed by atoms with Crippen molar-refractivity contribution in [2.45, 2.75) is 0 Å². The Morgan fingerprint density at radius 2 is 1.67 bits per heavy atom. The Balaban J connectivity index is 3.18. The summed E-state index contributed by atoms with van der Waals surface area (Å²) in [6.07, 6.45) is 0. The van der Waals surface area contributed by atoms with Crippen LogP contribution in [0.1, 0.15) is 0 Å². The summed E-state index contributed by atoms with van der Waals surface area (Å²) >= 11 is 17.0. The number of benzene rings is 1. The zero-order chi connectivity index (χ0) is 9.14. The predicted molar refractivity (Wildman–Crippen MR) is 50.9 cm³/mol. The molecule has 0 saturated heterocycles. The van der Waals surface area contributed by atoms with Gasteiger partial charge in [-0.3, -0.25) is 0 Å². The highest BCUT2D eigenvalue weighted by molar-refractivity contribution is 6.41. The number of rotatable bonds is 2. The summed E-state index contributed by atoms with van der Waals surface area (Å²) in [4.78, 5) is 9.85. The van der Waals surface area contributed by atoms with Crippen molar-refractivity contribution in [3.63, 3.8) is 0 Å². The quantitative estimate of drug-likeness (QED) is 0.615. The van der Waals surface area contributed by atoms with E-state index in [4.69, 9.17) is 34.8 Å². The summed E-state index contributed by atoms with van der Waals surface area (Å²) in [6.45, 7) is 0. The first kappa shape index (κ1) is 9.58. The molecule has 0 atom stereocenters. The number of halogens is 3. The number of nitrogens with one attached hydrogen (secondary N) is 1. The van der Waals surface area contributed by atoms with Gasteiger partial charge >= 0.3 is 0 Å². The monoisotopic (exact) mass is 224 g/mol. The zero-order valence-electron chi connectivity index (χ0n) is 5.64. The number of hydrogen-bond acceptors (Lipinski definition) is 2. The first-order chi connectivity index (χ1) is 5.65. The third-order valence-electron chi connectivity index (χ3n) is 1.16. The maximum atomic E-state index is 9.85. The van der Waals surface area contributed by atoms with Gasteiger partial charge < -0.3 is 0 Å². The smallest absolute Gasteiger partial charge is 0.0967 e. The van der Waals surface area contributed by atoms with Crippen molar-refractivity contribution in [2.24, 2.45) is 5.29 Å². The van der Waals surface area contributed by atoms with Crippen LogP contribution in [0.5, 0.6) is 0 Å². The first-order valence-electron chi connectivity index (χ1n) is 2.88. The van der Waals surface area contributed by atoms with E-state index in [2.05, 4.69) is 10.7 Å². The van der Waals surface area contributed by atoms with Crippen molar-refractivity contribution >= 4 is 40.5 Å². The standard InChI is InChI=1S/C6H3Cl3N2O/c7-3-1-4(8)6(10-11-12)5(9)2-3/h1-2H,(H,10,12). The largest absolute Gasteiger partial charge is 0.239 e. The van der Waals surface area contributed by atoms with Gasteiger partial charge in [-0.05, 0) is 12.1 Å². The molecular formula is C6H3Cl3N2O. The van der Waals surface area contributed by atoms with Gasteiger partial charge in [-0.1, -0.05) is 34.8 Å². The third-order valence-corrected chi connectivity index (χ3v) is 1.98. The summed E-state index contributed by atoms with van der Waals surface area (Å²) in [5, 5.41) is 3.36. The Kier molecular flexibility index (Phi) is 3.14. The van der Waals surface area contributed by atoms with Gasteiger partial charge in [0, 0.05) is 5.02 Å². The lowest BCUT2D eigenvalue weighted by Gasteiger charge is -2.03. The van der Waals surface area contributed by atoms with Crippen LogP contribution in [0.2, 0.25) is 15.1 Å². The zero-order valence-corrected chi connectivity index (χ0v) is 7.91. The minimum Gasteiger partial charge on any atom is -0.239 e. The Labute approximate surface area is 83.6 Å². The molecule has 0 saturated carbocycles. The Hall–Kier alpha value is -0.510. The maximum Gasteiger partial charge on any atom is 0.0967 e. The summed E-state index contributed by atoms with van der Waals surface area (Å²) in [7, 11) is 0. The molecule has 1 aromatic rings. The Morgan fingerprint density at radius 1 is 1.17 bits per heavy atom. The van der Waals surface area contributed by atoms with Crippen molar-refractivity contribution in [3.05, 3.63) is 32.1 Å². The minimum absolute atomic E-state index is 0.257. The molecule has 0 fully saturated rings. The molecule has 0 radical (unpaired) electrons. The van der Waals surface area contributed by atoms with Crippen molar-refractivity contribution in [1.82, 2.24) is 0 Å². The highest BCUT2D eigenvalue weighted by Crippen LogP contribution is 2.33. The van der Waals surface area contributed by atoms with E-state index in [1.807, 2.05) is 0 Å². The molecule has 0 amide bonds. The topological polar surface area (TPSA) is 41.5 Å². The minimum atomic E-state index is 0.257. The average Bonchev–Trinajstić information content (AvgIpc) is 1.96. The molecule has 1 aromatic carbocycles. The number of nitroso groups, excluding NO2 is 1. The van der Waals surface area contributed by atoms with Gasteiger partial charge in [0.2, 0.25) is 0 Å². The van der Waals surface area contributed by atoms with Gasteiger partial charge in [-0.15, -0.1) is 4.91 Å². The van der Waals surface area contributed by atoms with Crippen LogP contribution < -0.4 is 5.43 Å². The Bertz CT molecular complexity index is 293. The fraction of sp³-hybridized carbons (Fsp3) is 0. The second-order valence-corrected chi connectivity index (χ2v) is 3.20. The molecule has 0 aliphatic heterocycles. The van der Waals surface area contributed by atoms with Gasteiger partial charge in [-0.25, -0.2) is 5.43 Å². The fourth-order valence-corrected chi connectivity index (χ4v) is 1.60. The van der Waals surface area contributed by atoms with Crippen LogP contribution in [-0.4, -0.2) is 0 Å². The van der Waals surface area contributed by atoms with Crippen LogP contribution in [0.4, 0.5) is 5.69 Å². The normalized spacial score (nSPS) is 9.58. The molecule has 0 aromatic heterocycles. The molecule has 0 spiro atoms. The SMILES string of the molecule is O=NNc1c(Cl)cc(Cl)cc1Cl. The van der Waals surface area contributed by atoms with E-state index >= 15 is 0 Å². The number of nitrogens with zero attached hydrogens (tertiary/aromatic N) is 1. The van der Waals surface area contributed by atoms with Crippen molar-refractivity contribution in [2.75, 3.05) is 5.43 Å². The molecule has 0 aliphatic rings. The summed E-state index contributed by atoms with van der Waals surface area (Å²) in [6, 6.07) is 2.92. The van der Waals surface area contributed by atoms with Crippen molar-refractivity contribution in [1.29, 1.82) is 0 Å². The van der Waals surface area contributed by atoms with E-state index in [-0.39, 0.29) is 15.7 Å². The highest BCUT2D eigenvalue weighted by atomic mass is 35.5. The second kappa shape index (κ2) is 3.94. The number of anilines is 1. The van der Waals surface area contributed by atoms with Crippen LogP contribution in [0.15, 0.2) is 17.4 Å². The first-order valence-corrected chi connectivity index (χ1v) is 4.01. The average molecular weight is 225 g/mol. The lowest BCUT2D eigenvalue weighted by molar-refractivity contribution is 1.32. The Morgan fingerprint density at radius 3 is 2.08 bits per heavy atom. The molecule has 1 rings (SSSR count). The molecule has 1 N–H and O–H groups in total. The third kappa shape index (κ3) is 2.00. The van der Waals surface area contributed by atoms with Crippen LogP contribution >= 0.6 is 34.8 Å². The molecule has 0 bridgehead atoms. The van der Waals surface area contributed by atoms with E-state index in [1.54, 1.807) is 0 Å². The molecule has 3 nitrogen and oxygen atoms in total. The molecule has 6 heteroatoms. The molecule has 12 heavy (non-hydrogen) atoms. The van der Waals surface area contributed by atoms with Gasteiger partial charge in [0.25, 0.3) is 0 Å². The van der Waals surface area contributed by atoms with Crippen LogP contribution in [0.25, 0.3) is 0 Å². The summed E-state index contributed by atoms with van der Waals surface area (Å²) < 4.78 is 0. The van der Waals surface area contributed by atoms with E-state index in [1.165, 1.54) is 12.1 Å². The van der Waals surface area contributed by atoms with E-state index in [9.17, 15) is 4.91 Å². The molecular weight excluding hydrogens is 222 g/mol. The number of hydrogen-bond donors (Lipinski definition) is 1. The van der Waals surface area contributed by atoms with Gasteiger partial charge in [0.1, 0.15) is 0 Å². The lowest BCUT2D eigenvalue weighted by atomic mass is 10.3. The van der Waals surface area contributed by atoms with Crippen LogP contribution in [0, 0.1) is 4.91 Å². The van der Waals surface area contributed by atoms with Gasteiger partial charge in [0.15, 0.2) is 0 Å². The van der Waals surface area contributed by atoms with E-state index in [0.717, 1.165) is 0 Å². The van der Waals surface area contributed by atoms with Crippen molar-refractivity contribution in [3.8, 4) is 0 Å². The maximum absolute atomic E-state index is 9.85. The van der Waals surface area contributed by atoms with Crippen LogP contribution in [0.3, 0.4) is 0 Å². The molecule has 0 heterocycles. The fourth-order valence-electron chi connectivity index (χ4n) is 0.695. The predicted octanol–water partition coefficient (Wildman–Crippen LogP) is 3.74.